The van der Waals surface area contributed by atoms with Crippen molar-refractivity contribution in [2.75, 3.05) is 65.4 Å². The zero-order valence-electron chi connectivity index (χ0n) is 31.5. The largest absolute Gasteiger partial charge is 0.355 e. The quantitative estimate of drug-likeness (QED) is 0.0392. The number of hydrogen-bond acceptors (Lipinski definition) is 9. The predicted molar refractivity (Wildman–Crippen MR) is 205 cm³/mol. The monoisotopic (exact) mass is 708 g/mol. The van der Waals surface area contributed by atoms with E-state index in [0.717, 1.165) is 58.0 Å². The molecule has 0 heterocycles. The summed E-state index contributed by atoms with van der Waals surface area (Å²) in [6.45, 7) is 10.2. The van der Waals surface area contributed by atoms with Crippen LogP contribution in [0.4, 0.5) is 0 Å². The maximum atomic E-state index is 13.0. The number of carbonyl (C=O) groups is 4. The highest BCUT2D eigenvalue weighted by molar-refractivity contribution is 5.81. The molecule has 0 saturated heterocycles. The van der Waals surface area contributed by atoms with Crippen LogP contribution in [0.25, 0.3) is 0 Å². The Balaban J connectivity index is 4.67. The summed E-state index contributed by atoms with van der Waals surface area (Å²) in [4.78, 5) is 54.1. The summed E-state index contributed by atoms with van der Waals surface area (Å²) in [7, 11) is 0. The van der Waals surface area contributed by atoms with Crippen LogP contribution in [0.3, 0.4) is 0 Å². The maximum Gasteiger partial charge on any atom is 0.236 e. The number of amides is 4. The zero-order chi connectivity index (χ0) is 37.2. The molecule has 2 atom stereocenters. The van der Waals surface area contributed by atoms with Crippen molar-refractivity contribution < 1.29 is 19.2 Å². The molecule has 0 aromatic rings. The lowest BCUT2D eigenvalue weighted by atomic mass is 10.1. The van der Waals surface area contributed by atoms with Crippen molar-refractivity contribution in [2.45, 2.75) is 122 Å². The third kappa shape index (κ3) is 26.0. The summed E-state index contributed by atoms with van der Waals surface area (Å²) in [5.74, 6) is -0.0910. The van der Waals surface area contributed by atoms with Crippen LogP contribution in [0.2, 0.25) is 0 Å². The molecule has 4 amide bonds. The van der Waals surface area contributed by atoms with Crippen molar-refractivity contribution >= 4 is 23.6 Å². The number of rotatable bonds is 33. The van der Waals surface area contributed by atoms with Crippen molar-refractivity contribution in [3.8, 4) is 0 Å². The average molecular weight is 708 g/mol. The second-order valence-corrected chi connectivity index (χ2v) is 12.8. The molecule has 0 spiro atoms. The minimum absolute atomic E-state index is 0.126. The third-order valence-corrected chi connectivity index (χ3v) is 8.29. The smallest absolute Gasteiger partial charge is 0.236 e. The molecule has 13 heteroatoms. The molecule has 0 aromatic carbocycles. The third-order valence-electron chi connectivity index (χ3n) is 8.29. The van der Waals surface area contributed by atoms with Gasteiger partial charge in [0.2, 0.25) is 23.6 Å². The molecule has 0 radical (unpaired) electrons. The number of nitrogens with zero attached hydrogens (tertiary/aromatic N) is 2. The molecule has 0 rings (SSSR count). The lowest BCUT2D eigenvalue weighted by Gasteiger charge is -2.24. The summed E-state index contributed by atoms with van der Waals surface area (Å²) >= 11 is 0. The Labute approximate surface area is 303 Å². The van der Waals surface area contributed by atoms with Crippen LogP contribution in [0, 0.1) is 0 Å². The maximum absolute atomic E-state index is 13.0. The molecule has 0 bridgehead atoms. The van der Waals surface area contributed by atoms with E-state index >= 15 is 0 Å². The number of hydrogen-bond donors (Lipinski definition) is 7. The molecule has 11 N–H and O–H groups in total. The SMILES string of the molecule is CC/C=C\CCC(=O)N(CCCCNCCCN(CCCNC(=O)[C@@H](N)CCCN)C(=O)CC/C=C\CC)CCCNC(=O)[C@@H](N)CCCN. The minimum atomic E-state index is -0.555. The number of nitrogens with one attached hydrogen (secondary N) is 3. The van der Waals surface area contributed by atoms with Crippen LogP contribution in [-0.4, -0.2) is 111 Å². The van der Waals surface area contributed by atoms with E-state index in [1.165, 1.54) is 0 Å². The van der Waals surface area contributed by atoms with Crippen LogP contribution in [0.15, 0.2) is 24.3 Å². The van der Waals surface area contributed by atoms with Gasteiger partial charge < -0.3 is 48.7 Å². The van der Waals surface area contributed by atoms with E-state index < -0.39 is 12.1 Å². The van der Waals surface area contributed by atoms with E-state index in [1.54, 1.807) is 0 Å². The number of allylic oxidation sites excluding steroid dienone is 4. The normalized spacial score (nSPS) is 12.7. The Hall–Kier alpha value is -2.84. The topological polar surface area (TPSA) is 215 Å². The van der Waals surface area contributed by atoms with E-state index in [1.807, 2.05) is 9.80 Å². The van der Waals surface area contributed by atoms with Gasteiger partial charge >= 0.3 is 0 Å². The summed E-state index contributed by atoms with van der Waals surface area (Å²) in [6.07, 6.45) is 19.1. The Kier molecular flexibility index (Phi) is 31.4. The Morgan fingerprint density at radius 2 is 0.960 bits per heavy atom. The molecule has 0 saturated carbocycles. The van der Waals surface area contributed by atoms with Crippen LogP contribution in [0.1, 0.15) is 110 Å². The van der Waals surface area contributed by atoms with Crippen molar-refractivity contribution in [1.82, 2.24) is 25.8 Å². The first-order valence-electron chi connectivity index (χ1n) is 19.2. The van der Waals surface area contributed by atoms with Gasteiger partial charge in [-0.05, 0) is 110 Å². The van der Waals surface area contributed by atoms with Crippen molar-refractivity contribution in [1.29, 1.82) is 0 Å². The lowest BCUT2D eigenvalue weighted by Crippen LogP contribution is -2.42. The molecule has 0 aliphatic rings. The van der Waals surface area contributed by atoms with E-state index in [0.29, 0.717) is 104 Å². The fourth-order valence-electron chi connectivity index (χ4n) is 5.26. The second-order valence-electron chi connectivity index (χ2n) is 12.8. The molecular weight excluding hydrogens is 634 g/mol. The van der Waals surface area contributed by atoms with Crippen molar-refractivity contribution in [3.63, 3.8) is 0 Å². The number of unbranched alkanes of at least 4 members (excludes halogenated alkanes) is 1. The summed E-state index contributed by atoms with van der Waals surface area (Å²) < 4.78 is 0. The Morgan fingerprint density at radius 1 is 0.560 bits per heavy atom. The second kappa shape index (κ2) is 33.3. The van der Waals surface area contributed by atoms with Gasteiger partial charge in [0.1, 0.15) is 0 Å². The van der Waals surface area contributed by atoms with E-state index in [-0.39, 0.29) is 23.6 Å². The first-order chi connectivity index (χ1) is 24.2. The van der Waals surface area contributed by atoms with Gasteiger partial charge in [0.05, 0.1) is 12.1 Å². The van der Waals surface area contributed by atoms with Gasteiger partial charge in [-0.25, -0.2) is 0 Å². The minimum Gasteiger partial charge on any atom is -0.355 e. The van der Waals surface area contributed by atoms with Gasteiger partial charge in [0.15, 0.2) is 0 Å². The molecule has 0 aliphatic carbocycles. The van der Waals surface area contributed by atoms with Gasteiger partial charge in [-0.3, -0.25) is 19.2 Å². The highest BCUT2D eigenvalue weighted by atomic mass is 16.2. The molecule has 290 valence electrons. The van der Waals surface area contributed by atoms with E-state index in [4.69, 9.17) is 22.9 Å². The standard InChI is InChI=1S/C37H73N9O4/c1-3-5-7-9-20-34(47)45(30-16-26-43-36(49)32(40)18-13-22-38)28-12-11-24-42-25-15-29-46(35(48)21-10-8-6-4-2)31-17-27-44-37(50)33(41)19-14-23-39/h5-8,32-33,42H,3-4,9-31,38-41H2,1-2H3,(H,43,49)(H,44,50)/b7-5-,8-6-/t32-,33-/m0/s1. The van der Waals surface area contributed by atoms with E-state index in [9.17, 15) is 19.2 Å². The van der Waals surface area contributed by atoms with Gasteiger partial charge in [0, 0.05) is 52.1 Å². The van der Waals surface area contributed by atoms with Crippen LogP contribution in [-0.2, 0) is 19.2 Å². The molecule has 0 aliphatic heterocycles. The van der Waals surface area contributed by atoms with Gasteiger partial charge in [-0.15, -0.1) is 0 Å². The van der Waals surface area contributed by atoms with Gasteiger partial charge in [-0.2, -0.15) is 0 Å². The molecule has 13 nitrogen and oxygen atoms in total. The van der Waals surface area contributed by atoms with E-state index in [2.05, 4.69) is 54.1 Å². The highest BCUT2D eigenvalue weighted by Gasteiger charge is 2.16. The van der Waals surface area contributed by atoms with Crippen molar-refractivity contribution in [2.24, 2.45) is 22.9 Å². The number of carbonyl (C=O) groups excluding carboxylic acids is 4. The fourth-order valence-corrected chi connectivity index (χ4v) is 5.26. The van der Waals surface area contributed by atoms with Gasteiger partial charge in [-0.1, -0.05) is 38.2 Å². The Morgan fingerprint density at radius 3 is 1.38 bits per heavy atom. The zero-order valence-corrected chi connectivity index (χ0v) is 31.5. The molecular formula is C37H73N9O4. The first kappa shape index (κ1) is 47.2. The summed E-state index contributed by atoms with van der Waals surface area (Å²) in [6, 6.07) is -1.11. The molecule has 0 unspecified atom stereocenters. The summed E-state index contributed by atoms with van der Waals surface area (Å²) in [5.41, 5.74) is 22.9. The van der Waals surface area contributed by atoms with Crippen molar-refractivity contribution in [3.05, 3.63) is 24.3 Å². The molecule has 0 aromatic heterocycles. The highest BCUT2D eigenvalue weighted by Crippen LogP contribution is 2.06. The first-order valence-corrected chi connectivity index (χ1v) is 19.2. The van der Waals surface area contributed by atoms with Crippen LogP contribution < -0.4 is 38.9 Å². The van der Waals surface area contributed by atoms with Crippen LogP contribution in [0.5, 0.6) is 0 Å². The lowest BCUT2D eigenvalue weighted by molar-refractivity contribution is -0.132. The van der Waals surface area contributed by atoms with Gasteiger partial charge in [0.25, 0.3) is 0 Å². The molecule has 0 fully saturated rings. The van der Waals surface area contributed by atoms with Crippen LogP contribution >= 0.6 is 0 Å². The predicted octanol–water partition coefficient (Wildman–Crippen LogP) is 2.04. The number of nitrogens with two attached hydrogens (primary N) is 4. The summed E-state index contributed by atoms with van der Waals surface area (Å²) in [5, 5.41) is 9.25. The Bertz CT molecular complexity index is 874. The molecule has 50 heavy (non-hydrogen) atoms. The fraction of sp³-hybridized carbons (Fsp3) is 0.784. The average Bonchev–Trinajstić information content (AvgIpc) is 3.11.